The number of oxazole rings is 1. The molecule has 2 aromatic rings. The van der Waals surface area contributed by atoms with Crippen LogP contribution in [-0.4, -0.2) is 28.6 Å². The summed E-state index contributed by atoms with van der Waals surface area (Å²) in [6.07, 6.45) is -0.877. The predicted octanol–water partition coefficient (Wildman–Crippen LogP) is 1.31. The summed E-state index contributed by atoms with van der Waals surface area (Å²) >= 11 is 1.40. The maximum atomic E-state index is 11.3. The highest BCUT2D eigenvalue weighted by molar-refractivity contribution is 7.13. The first-order chi connectivity index (χ1) is 9.08. The normalized spacial score (nSPS) is 10.3. The highest BCUT2D eigenvalue weighted by atomic mass is 32.1. The smallest absolute Gasteiger partial charge is 0.404 e. The van der Waals surface area contributed by atoms with Gasteiger partial charge in [-0.05, 0) is 11.4 Å². The molecule has 19 heavy (non-hydrogen) atoms. The van der Waals surface area contributed by atoms with Crippen molar-refractivity contribution in [3.05, 3.63) is 29.1 Å². The minimum atomic E-state index is -1.12. The largest absolute Gasteiger partial charge is 0.465 e. The van der Waals surface area contributed by atoms with E-state index >= 15 is 0 Å². The Bertz CT molecular complexity index is 591. The molecule has 8 heteroatoms. The molecule has 0 aliphatic heterocycles. The number of aromatic nitrogens is 1. The van der Waals surface area contributed by atoms with E-state index in [1.165, 1.54) is 11.3 Å². The molecule has 0 saturated carbocycles. The zero-order valence-corrected chi connectivity index (χ0v) is 10.6. The van der Waals surface area contributed by atoms with Crippen LogP contribution in [0, 0.1) is 0 Å². The number of primary amides is 1. The van der Waals surface area contributed by atoms with Gasteiger partial charge in [-0.1, -0.05) is 6.07 Å². The molecule has 0 fully saturated rings. The molecule has 0 atom stereocenters. The average Bonchev–Trinajstić information content (AvgIpc) is 2.95. The highest BCUT2D eigenvalue weighted by Crippen LogP contribution is 2.28. The first kappa shape index (κ1) is 13.1. The van der Waals surface area contributed by atoms with Crippen molar-refractivity contribution >= 4 is 23.3 Å². The van der Waals surface area contributed by atoms with Gasteiger partial charge < -0.3 is 20.6 Å². The fourth-order valence-electron chi connectivity index (χ4n) is 1.49. The summed E-state index contributed by atoms with van der Waals surface area (Å²) in [6, 6.07) is 3.61. The fraction of sp³-hybridized carbons (Fsp3) is 0.182. The zero-order valence-electron chi connectivity index (χ0n) is 9.75. The van der Waals surface area contributed by atoms with E-state index in [2.05, 4.69) is 10.3 Å². The number of carbonyl (C=O) groups excluding carboxylic acids is 1. The van der Waals surface area contributed by atoms with Gasteiger partial charge in [-0.2, -0.15) is 0 Å². The van der Waals surface area contributed by atoms with Crippen molar-refractivity contribution < 1.29 is 19.1 Å². The number of thiophene rings is 1. The van der Waals surface area contributed by atoms with Crippen molar-refractivity contribution in [2.75, 3.05) is 6.54 Å². The Morgan fingerprint density at radius 2 is 2.32 bits per heavy atom. The van der Waals surface area contributed by atoms with Gasteiger partial charge in [0.2, 0.25) is 0 Å². The number of nitrogens with two attached hydrogens (primary N) is 1. The molecule has 7 nitrogen and oxygen atoms in total. The molecule has 0 radical (unpaired) electrons. The molecule has 0 aliphatic carbocycles. The molecular formula is C11H11N3O4S. The van der Waals surface area contributed by atoms with Crippen molar-refractivity contribution in [3.8, 4) is 10.6 Å². The van der Waals surface area contributed by atoms with E-state index in [4.69, 9.17) is 15.3 Å². The van der Waals surface area contributed by atoms with Crippen LogP contribution in [0.2, 0.25) is 0 Å². The monoisotopic (exact) mass is 281 g/mol. The summed E-state index contributed by atoms with van der Waals surface area (Å²) in [7, 11) is 0. The lowest BCUT2D eigenvalue weighted by Crippen LogP contribution is -2.23. The number of hydrogen-bond donors (Lipinski definition) is 3. The summed E-state index contributed by atoms with van der Waals surface area (Å²) in [6.45, 7) is 0.151. The molecule has 0 bridgehead atoms. The van der Waals surface area contributed by atoms with Gasteiger partial charge >= 0.3 is 6.09 Å². The third-order valence-corrected chi connectivity index (χ3v) is 3.13. The molecule has 2 amide bonds. The third-order valence-electron chi connectivity index (χ3n) is 2.26. The first-order valence-electron chi connectivity index (χ1n) is 5.38. The summed E-state index contributed by atoms with van der Waals surface area (Å²) in [5.41, 5.74) is 5.31. The van der Waals surface area contributed by atoms with Crippen LogP contribution in [-0.2, 0) is 6.42 Å². The van der Waals surface area contributed by atoms with Crippen LogP contribution in [0.4, 0.5) is 4.79 Å². The summed E-state index contributed by atoms with van der Waals surface area (Å²) in [5, 5.41) is 12.5. The lowest BCUT2D eigenvalue weighted by atomic mass is 10.3. The van der Waals surface area contributed by atoms with E-state index in [0.29, 0.717) is 5.76 Å². The molecule has 100 valence electrons. The zero-order chi connectivity index (χ0) is 13.8. The Morgan fingerprint density at radius 3 is 2.89 bits per heavy atom. The van der Waals surface area contributed by atoms with E-state index in [-0.39, 0.29) is 24.6 Å². The fourth-order valence-corrected chi connectivity index (χ4v) is 2.20. The second-order valence-corrected chi connectivity index (χ2v) is 4.56. The molecular weight excluding hydrogens is 270 g/mol. The Morgan fingerprint density at radius 1 is 1.53 bits per heavy atom. The van der Waals surface area contributed by atoms with Crippen molar-refractivity contribution in [1.29, 1.82) is 0 Å². The first-order valence-corrected chi connectivity index (χ1v) is 6.26. The second-order valence-electron chi connectivity index (χ2n) is 3.61. The molecule has 0 unspecified atom stereocenters. The van der Waals surface area contributed by atoms with Gasteiger partial charge in [0.1, 0.15) is 0 Å². The molecule has 2 aromatic heterocycles. The number of carbonyl (C=O) groups is 2. The van der Waals surface area contributed by atoms with Gasteiger partial charge in [-0.15, -0.1) is 11.3 Å². The van der Waals surface area contributed by atoms with Crippen molar-refractivity contribution in [3.63, 3.8) is 0 Å². The van der Waals surface area contributed by atoms with Gasteiger partial charge in [0.15, 0.2) is 17.3 Å². The molecule has 0 aromatic carbocycles. The average molecular weight is 281 g/mol. The number of nitrogens with one attached hydrogen (secondary N) is 1. The summed E-state index contributed by atoms with van der Waals surface area (Å²) < 4.78 is 5.47. The Balaban J connectivity index is 2.21. The maximum absolute atomic E-state index is 11.3. The van der Waals surface area contributed by atoms with E-state index < -0.39 is 12.0 Å². The van der Waals surface area contributed by atoms with E-state index in [9.17, 15) is 9.59 Å². The molecule has 2 heterocycles. The van der Waals surface area contributed by atoms with Gasteiger partial charge in [0, 0.05) is 13.0 Å². The van der Waals surface area contributed by atoms with Gasteiger partial charge in [0.25, 0.3) is 5.91 Å². The summed E-state index contributed by atoms with van der Waals surface area (Å²) in [5.74, 6) is -0.0802. The number of carboxylic acid groups (broad SMARTS) is 1. The quantitative estimate of drug-likeness (QED) is 0.763. The standard InChI is InChI=1S/C11H11N3O4S/c12-10(15)8-9(6-2-1-5-19-6)18-7(14-8)3-4-13-11(16)17/h1-2,5,13H,3-4H2,(H2,12,15)(H,16,17). The minimum Gasteiger partial charge on any atom is -0.465 e. The van der Waals surface area contributed by atoms with Gasteiger partial charge in [-0.25, -0.2) is 9.78 Å². The van der Waals surface area contributed by atoms with Crippen molar-refractivity contribution in [2.24, 2.45) is 5.73 Å². The Kier molecular flexibility index (Phi) is 3.81. The molecule has 0 saturated heterocycles. The van der Waals surface area contributed by atoms with Gasteiger partial charge in [-0.3, -0.25) is 4.79 Å². The molecule has 0 spiro atoms. The van der Waals surface area contributed by atoms with Crippen LogP contribution in [0.15, 0.2) is 21.9 Å². The van der Waals surface area contributed by atoms with Crippen LogP contribution in [0.3, 0.4) is 0 Å². The van der Waals surface area contributed by atoms with E-state index in [1.807, 2.05) is 11.4 Å². The third kappa shape index (κ3) is 3.10. The second kappa shape index (κ2) is 5.53. The van der Waals surface area contributed by atoms with Crippen molar-refractivity contribution in [2.45, 2.75) is 6.42 Å². The van der Waals surface area contributed by atoms with Crippen molar-refractivity contribution in [1.82, 2.24) is 10.3 Å². The van der Waals surface area contributed by atoms with E-state index in [1.54, 1.807) is 6.07 Å². The number of hydrogen-bond acceptors (Lipinski definition) is 5. The molecule has 0 aliphatic rings. The topological polar surface area (TPSA) is 118 Å². The van der Waals surface area contributed by atoms with Crippen LogP contribution >= 0.6 is 11.3 Å². The summed E-state index contributed by atoms with van der Waals surface area (Å²) in [4.78, 5) is 26.4. The lowest BCUT2D eigenvalue weighted by Gasteiger charge is -1.96. The maximum Gasteiger partial charge on any atom is 0.404 e. The van der Waals surface area contributed by atoms with Crippen LogP contribution in [0.1, 0.15) is 16.4 Å². The lowest BCUT2D eigenvalue weighted by molar-refractivity contribution is 0.0996. The predicted molar refractivity (Wildman–Crippen MR) is 68.1 cm³/mol. The van der Waals surface area contributed by atoms with E-state index in [0.717, 1.165) is 4.88 Å². The molecule has 4 N–H and O–H groups in total. The minimum absolute atomic E-state index is 0.0628. The van der Waals surface area contributed by atoms with Crippen LogP contribution in [0.25, 0.3) is 10.6 Å². The van der Waals surface area contributed by atoms with Crippen LogP contribution in [0.5, 0.6) is 0 Å². The van der Waals surface area contributed by atoms with Gasteiger partial charge in [0.05, 0.1) is 4.88 Å². The number of rotatable bonds is 5. The highest BCUT2D eigenvalue weighted by Gasteiger charge is 2.19. The number of amides is 2. The Labute approximate surface area is 112 Å². The van der Waals surface area contributed by atoms with Crippen LogP contribution < -0.4 is 11.1 Å². The Hall–Kier alpha value is -2.35. The SMILES string of the molecule is NC(=O)c1nc(CCNC(=O)O)oc1-c1cccs1. The number of nitrogens with zero attached hydrogens (tertiary/aromatic N) is 1. The molecule has 2 rings (SSSR count).